The molecule has 0 amide bonds. The number of unbranched alkanes of at least 4 members (excludes halogenated alkanes) is 16. The van der Waals surface area contributed by atoms with Crippen LogP contribution >= 0.6 is 0 Å². The van der Waals surface area contributed by atoms with Crippen LogP contribution in [0.25, 0.3) is 0 Å². The van der Waals surface area contributed by atoms with Gasteiger partial charge < -0.3 is 23.8 Å². The maximum Gasteiger partial charge on any atom is 0.362 e. The van der Waals surface area contributed by atoms with E-state index in [0.717, 1.165) is 57.8 Å². The van der Waals surface area contributed by atoms with Crippen LogP contribution in [0.15, 0.2) is 36.5 Å². The number of hydrogen-bond acceptors (Lipinski definition) is 6. The lowest BCUT2D eigenvalue weighted by Gasteiger charge is -2.31. The van der Waals surface area contributed by atoms with Crippen molar-refractivity contribution >= 4 is 17.9 Å². The number of likely N-dealkylation sites (N-methyl/N-ethyl adjacent to an activating group) is 1. The molecule has 0 saturated heterocycles. The van der Waals surface area contributed by atoms with Gasteiger partial charge in [-0.1, -0.05) is 140 Å². The van der Waals surface area contributed by atoms with E-state index in [0.29, 0.717) is 19.3 Å². The molecule has 0 heterocycles. The van der Waals surface area contributed by atoms with Gasteiger partial charge in [-0.2, -0.15) is 0 Å². The molecule has 2 unspecified atom stereocenters. The number of rotatable bonds is 34. The first-order valence-corrected chi connectivity index (χ1v) is 19.6. The number of aliphatic carboxylic acids is 1. The van der Waals surface area contributed by atoms with Crippen molar-refractivity contribution in [2.24, 2.45) is 0 Å². The number of esters is 2. The average Bonchev–Trinajstić information content (AvgIpc) is 3.05. The van der Waals surface area contributed by atoms with E-state index in [1.165, 1.54) is 64.2 Å². The van der Waals surface area contributed by atoms with Gasteiger partial charge >= 0.3 is 17.9 Å². The fraction of sp³-hybridized carbons (Fsp3) is 0.780. The predicted molar refractivity (Wildman–Crippen MR) is 201 cm³/mol. The maximum absolute atomic E-state index is 12.7. The number of allylic oxidation sites excluding steroid dienone is 6. The van der Waals surface area contributed by atoms with E-state index in [9.17, 15) is 19.5 Å². The van der Waals surface area contributed by atoms with Gasteiger partial charge in [-0.15, -0.1) is 0 Å². The van der Waals surface area contributed by atoms with Crippen LogP contribution in [0.3, 0.4) is 0 Å². The highest BCUT2D eigenvalue weighted by atomic mass is 16.6. The first-order valence-electron chi connectivity index (χ1n) is 19.6. The monoisotopic (exact) mass is 693 g/mol. The number of nitrogens with zero attached hydrogens (tertiary/aromatic N) is 1. The minimum Gasteiger partial charge on any atom is -0.477 e. The lowest BCUT2D eigenvalue weighted by Crippen LogP contribution is -2.50. The van der Waals surface area contributed by atoms with Gasteiger partial charge in [0.25, 0.3) is 0 Å². The van der Waals surface area contributed by atoms with Gasteiger partial charge in [-0.25, -0.2) is 4.79 Å². The van der Waals surface area contributed by atoms with Gasteiger partial charge in [0.15, 0.2) is 12.1 Å². The number of hydrogen-bond donors (Lipinski definition) is 1. The molecule has 0 aromatic rings. The van der Waals surface area contributed by atoms with Crippen LogP contribution in [0.2, 0.25) is 0 Å². The zero-order chi connectivity index (χ0) is 36.4. The average molecular weight is 693 g/mol. The van der Waals surface area contributed by atoms with Crippen LogP contribution in [0, 0.1) is 0 Å². The number of quaternary nitrogens is 1. The summed E-state index contributed by atoms with van der Waals surface area (Å²) in [5.74, 6) is -1.49. The zero-order valence-electron chi connectivity index (χ0n) is 32.1. The molecule has 284 valence electrons. The molecule has 49 heavy (non-hydrogen) atoms. The molecular formula is C41H74NO7+. The molecule has 0 rings (SSSR count). The summed E-state index contributed by atoms with van der Waals surface area (Å²) in [5.41, 5.74) is 0. The smallest absolute Gasteiger partial charge is 0.362 e. The molecule has 1 N–H and O–H groups in total. The Balaban J connectivity index is 4.42. The second-order valence-electron chi connectivity index (χ2n) is 14.2. The quantitative estimate of drug-likeness (QED) is 0.0310. The normalized spacial score (nSPS) is 13.4. The van der Waals surface area contributed by atoms with Gasteiger partial charge in [0.2, 0.25) is 0 Å². The third-order valence-corrected chi connectivity index (χ3v) is 8.62. The molecule has 0 saturated carbocycles. The third-order valence-electron chi connectivity index (χ3n) is 8.62. The van der Waals surface area contributed by atoms with E-state index < -0.39 is 18.1 Å². The summed E-state index contributed by atoms with van der Waals surface area (Å²) < 4.78 is 17.2. The molecule has 0 spiro atoms. The Labute approximate surface area is 300 Å². The van der Waals surface area contributed by atoms with Crippen LogP contribution in [0.5, 0.6) is 0 Å². The van der Waals surface area contributed by atoms with Crippen LogP contribution < -0.4 is 0 Å². The molecule has 0 aliphatic carbocycles. The summed E-state index contributed by atoms with van der Waals surface area (Å²) in [4.78, 5) is 36.8. The Morgan fingerprint density at radius 3 is 1.67 bits per heavy atom. The summed E-state index contributed by atoms with van der Waals surface area (Å²) in [7, 11) is 5.51. The summed E-state index contributed by atoms with van der Waals surface area (Å²) in [6.07, 6.45) is 34.7. The summed E-state index contributed by atoms with van der Waals surface area (Å²) in [5, 5.41) is 9.58. The lowest BCUT2D eigenvalue weighted by molar-refractivity contribution is -0.887. The van der Waals surface area contributed by atoms with Crippen LogP contribution in [0.4, 0.5) is 0 Å². The minimum absolute atomic E-state index is 0.0542. The largest absolute Gasteiger partial charge is 0.477 e. The Hall–Kier alpha value is -2.45. The molecule has 0 radical (unpaired) electrons. The third kappa shape index (κ3) is 31.3. The Morgan fingerprint density at radius 2 is 1.14 bits per heavy atom. The van der Waals surface area contributed by atoms with Gasteiger partial charge in [-0.3, -0.25) is 9.59 Å². The Morgan fingerprint density at radius 1 is 0.633 bits per heavy atom. The number of carbonyl (C=O) groups excluding carboxylic acids is 2. The molecule has 0 fully saturated rings. The van der Waals surface area contributed by atoms with E-state index in [1.54, 1.807) is 0 Å². The first kappa shape index (κ1) is 46.5. The number of carboxylic acids is 1. The van der Waals surface area contributed by atoms with Gasteiger partial charge in [-0.05, 0) is 32.1 Å². The molecule has 0 aliphatic heterocycles. The second-order valence-corrected chi connectivity index (χ2v) is 14.2. The second kappa shape index (κ2) is 32.7. The van der Waals surface area contributed by atoms with Crippen molar-refractivity contribution < 1.29 is 38.2 Å². The van der Waals surface area contributed by atoms with Gasteiger partial charge in [0.1, 0.15) is 6.61 Å². The lowest BCUT2D eigenvalue weighted by atomic mass is 10.1. The van der Waals surface area contributed by atoms with Crippen LogP contribution in [-0.2, 0) is 28.6 Å². The van der Waals surface area contributed by atoms with Crippen molar-refractivity contribution in [3.8, 4) is 0 Å². The van der Waals surface area contributed by atoms with Crippen LogP contribution in [0.1, 0.15) is 155 Å². The van der Waals surface area contributed by atoms with E-state index in [4.69, 9.17) is 14.2 Å². The van der Waals surface area contributed by atoms with Gasteiger partial charge in [0.05, 0.1) is 34.4 Å². The topological polar surface area (TPSA) is 99.1 Å². The minimum atomic E-state index is -0.878. The van der Waals surface area contributed by atoms with Crippen molar-refractivity contribution in [2.45, 2.75) is 167 Å². The van der Waals surface area contributed by atoms with E-state index in [2.05, 4.69) is 50.3 Å². The highest BCUT2D eigenvalue weighted by molar-refractivity contribution is 5.72. The Bertz CT molecular complexity index is 906. The summed E-state index contributed by atoms with van der Waals surface area (Å²) in [6.45, 7) is 4.57. The highest BCUT2D eigenvalue weighted by Crippen LogP contribution is 2.14. The fourth-order valence-corrected chi connectivity index (χ4v) is 5.56. The van der Waals surface area contributed by atoms with Crippen LogP contribution in [-0.4, -0.2) is 80.6 Å². The molecule has 0 aromatic carbocycles. The summed E-state index contributed by atoms with van der Waals surface area (Å²) in [6, 6.07) is -0.614. The van der Waals surface area contributed by atoms with E-state index in [-0.39, 0.29) is 36.2 Å². The fourth-order valence-electron chi connectivity index (χ4n) is 5.56. The van der Waals surface area contributed by atoms with Gasteiger partial charge in [0, 0.05) is 19.3 Å². The number of carbonyl (C=O) groups is 3. The molecule has 8 nitrogen and oxygen atoms in total. The maximum atomic E-state index is 12.7. The van der Waals surface area contributed by atoms with E-state index in [1.807, 2.05) is 21.1 Å². The van der Waals surface area contributed by atoms with E-state index >= 15 is 0 Å². The SMILES string of the molecule is CC/C=C/C=C/C=C/CCCCCCCCCC(=O)OC(COCCC(C(=O)O)[N+](C)(C)C)COC(=O)CCCCCCCCCCCC. The molecule has 8 heteroatoms. The zero-order valence-corrected chi connectivity index (χ0v) is 32.1. The molecule has 0 aromatic heterocycles. The predicted octanol–water partition coefficient (Wildman–Crippen LogP) is 9.91. The van der Waals surface area contributed by atoms with Crippen molar-refractivity contribution in [1.82, 2.24) is 0 Å². The molecule has 2 atom stereocenters. The summed E-state index contributed by atoms with van der Waals surface area (Å²) >= 11 is 0. The highest BCUT2D eigenvalue weighted by Gasteiger charge is 2.31. The number of carboxylic acid groups (broad SMARTS) is 1. The van der Waals surface area contributed by atoms with Crippen molar-refractivity contribution in [3.05, 3.63) is 36.5 Å². The van der Waals surface area contributed by atoms with Crippen molar-refractivity contribution in [1.29, 1.82) is 0 Å². The first-order chi connectivity index (χ1) is 23.6. The van der Waals surface area contributed by atoms with Crippen molar-refractivity contribution in [3.63, 3.8) is 0 Å². The molecule has 0 aliphatic rings. The standard InChI is InChI=1S/C41H73NO7/c1-6-8-10-12-14-16-18-19-20-21-22-24-26-28-30-32-40(44)49-37(35-47-34-33-38(41(45)46)42(3,4)5)36-48-39(43)31-29-27-25-23-17-15-13-11-9-7-2/h8,10,12,14,16,18,37-38H,6-7,9,11,13,15,17,19-36H2,1-5H3/p+1/b10-8+,14-12+,18-16+. The molecule has 0 bridgehead atoms. The molecular weight excluding hydrogens is 618 g/mol. The van der Waals surface area contributed by atoms with Crippen molar-refractivity contribution in [2.75, 3.05) is 41.0 Å². The number of ether oxygens (including phenoxy) is 3. The Kier molecular flexibility index (Phi) is 31.1.